The number of likely N-dealkylation sites (tertiary alicyclic amines) is 1. The molecule has 1 aromatic carbocycles. The zero-order valence-electron chi connectivity index (χ0n) is 16.3. The van der Waals surface area contributed by atoms with Gasteiger partial charge in [-0.25, -0.2) is 4.79 Å². The number of nitrogens with one attached hydrogen (secondary N) is 1. The van der Waals surface area contributed by atoms with Gasteiger partial charge in [0.05, 0.1) is 0 Å². The fourth-order valence-corrected chi connectivity index (χ4v) is 3.19. The smallest absolute Gasteiger partial charge is 0.410 e. The van der Waals surface area contributed by atoms with Crippen molar-refractivity contribution in [1.82, 2.24) is 15.1 Å². The van der Waals surface area contributed by atoms with Crippen molar-refractivity contribution in [2.75, 3.05) is 33.7 Å². The highest BCUT2D eigenvalue weighted by molar-refractivity contribution is 5.68. The average molecular weight is 348 g/mol. The molecule has 1 N–H and O–H groups in total. The summed E-state index contributed by atoms with van der Waals surface area (Å²) in [5.74, 6) is 0. The molecule has 0 bridgehead atoms. The van der Waals surface area contributed by atoms with Gasteiger partial charge in [-0.1, -0.05) is 30.3 Å². The van der Waals surface area contributed by atoms with Crippen molar-refractivity contribution in [2.45, 2.75) is 51.3 Å². The van der Waals surface area contributed by atoms with Crippen molar-refractivity contribution >= 4 is 6.09 Å². The second kappa shape index (κ2) is 8.68. The van der Waals surface area contributed by atoms with Crippen molar-refractivity contribution in [1.29, 1.82) is 0 Å². The molecule has 1 saturated heterocycles. The lowest BCUT2D eigenvalue weighted by Crippen LogP contribution is -2.51. The fourth-order valence-electron chi connectivity index (χ4n) is 3.19. The first-order valence-electron chi connectivity index (χ1n) is 9.18. The Balaban J connectivity index is 2.00. The highest BCUT2D eigenvalue weighted by Crippen LogP contribution is 2.20. The Morgan fingerprint density at radius 1 is 1.32 bits per heavy atom. The molecule has 2 unspecified atom stereocenters. The highest BCUT2D eigenvalue weighted by Gasteiger charge is 2.29. The molecule has 2 atom stereocenters. The minimum absolute atomic E-state index is 0.206. The minimum atomic E-state index is -0.449. The number of nitrogens with zero attached hydrogens (tertiary/aromatic N) is 2. The summed E-state index contributed by atoms with van der Waals surface area (Å²) < 4.78 is 5.53. The maximum Gasteiger partial charge on any atom is 0.410 e. The molecule has 25 heavy (non-hydrogen) atoms. The summed E-state index contributed by atoms with van der Waals surface area (Å²) in [5, 5.41) is 3.76. The third-order valence-corrected chi connectivity index (χ3v) is 4.26. The third kappa shape index (κ3) is 6.67. The number of hydrogen-bond acceptors (Lipinski definition) is 4. The minimum Gasteiger partial charge on any atom is -0.444 e. The molecule has 1 aromatic rings. The van der Waals surface area contributed by atoms with Gasteiger partial charge >= 0.3 is 6.09 Å². The first-order valence-corrected chi connectivity index (χ1v) is 9.18. The van der Waals surface area contributed by atoms with Crippen molar-refractivity contribution in [3.05, 3.63) is 35.9 Å². The standard InChI is InChI=1S/C20H33N3O2/c1-20(2,3)25-19(24)23-13-9-12-17(14-23)21-18(15-22(4)5)16-10-7-6-8-11-16/h6-8,10-11,17-18,21H,9,12-15H2,1-5H3. The van der Waals surface area contributed by atoms with Gasteiger partial charge in [-0.2, -0.15) is 0 Å². The van der Waals surface area contributed by atoms with Crippen LogP contribution in [0.1, 0.15) is 45.2 Å². The second-order valence-corrected chi connectivity index (χ2v) is 8.16. The predicted octanol–water partition coefficient (Wildman–Crippen LogP) is 3.28. The molecule has 0 aliphatic carbocycles. The Morgan fingerprint density at radius 3 is 2.60 bits per heavy atom. The summed E-state index contributed by atoms with van der Waals surface area (Å²) in [6, 6.07) is 11.1. The molecular weight excluding hydrogens is 314 g/mol. The molecule has 1 amide bonds. The molecule has 0 saturated carbocycles. The maximum absolute atomic E-state index is 12.4. The van der Waals surface area contributed by atoms with Gasteiger partial charge in [0, 0.05) is 31.7 Å². The Bertz CT molecular complexity index is 540. The molecule has 1 heterocycles. The van der Waals surface area contributed by atoms with E-state index in [-0.39, 0.29) is 18.2 Å². The van der Waals surface area contributed by atoms with Gasteiger partial charge in [-0.15, -0.1) is 0 Å². The number of carbonyl (C=O) groups excluding carboxylic acids is 1. The lowest BCUT2D eigenvalue weighted by Gasteiger charge is -2.36. The van der Waals surface area contributed by atoms with E-state index < -0.39 is 5.60 Å². The van der Waals surface area contributed by atoms with Crippen LogP contribution >= 0.6 is 0 Å². The van der Waals surface area contributed by atoms with Gasteiger partial charge in [0.2, 0.25) is 0 Å². The van der Waals surface area contributed by atoms with Crippen LogP contribution in [0, 0.1) is 0 Å². The first-order chi connectivity index (χ1) is 11.7. The number of likely N-dealkylation sites (N-methyl/N-ethyl adjacent to an activating group) is 1. The van der Waals surface area contributed by atoms with Crippen LogP contribution in [0.15, 0.2) is 30.3 Å². The topological polar surface area (TPSA) is 44.8 Å². The number of rotatable bonds is 5. The van der Waals surface area contributed by atoms with E-state index >= 15 is 0 Å². The van der Waals surface area contributed by atoms with Gasteiger partial charge in [0.25, 0.3) is 0 Å². The second-order valence-electron chi connectivity index (χ2n) is 8.16. The summed E-state index contributed by atoms with van der Waals surface area (Å²) in [5.41, 5.74) is 0.834. The van der Waals surface area contributed by atoms with E-state index in [9.17, 15) is 4.79 Å². The Morgan fingerprint density at radius 2 is 2.00 bits per heavy atom. The molecule has 5 heteroatoms. The van der Waals surface area contributed by atoms with Gasteiger partial charge in [-0.05, 0) is 53.3 Å². The lowest BCUT2D eigenvalue weighted by atomic mass is 10.0. The van der Waals surface area contributed by atoms with Gasteiger partial charge < -0.3 is 19.9 Å². The van der Waals surface area contributed by atoms with Crippen LogP contribution in [0.5, 0.6) is 0 Å². The van der Waals surface area contributed by atoms with Crippen LogP contribution in [0.3, 0.4) is 0 Å². The first kappa shape index (κ1) is 19.7. The van der Waals surface area contributed by atoms with Crippen molar-refractivity contribution in [3.63, 3.8) is 0 Å². The van der Waals surface area contributed by atoms with E-state index in [1.165, 1.54) is 5.56 Å². The molecule has 0 radical (unpaired) electrons. The quantitative estimate of drug-likeness (QED) is 0.888. The van der Waals surface area contributed by atoms with Gasteiger partial charge in [0.1, 0.15) is 5.60 Å². The summed E-state index contributed by atoms with van der Waals surface area (Å²) in [6.45, 7) is 8.13. The molecule has 1 fully saturated rings. The Kier molecular flexibility index (Phi) is 6.85. The Labute approximate surface area is 152 Å². The number of hydrogen-bond donors (Lipinski definition) is 1. The van der Waals surface area contributed by atoms with Crippen LogP contribution in [0.2, 0.25) is 0 Å². The van der Waals surface area contributed by atoms with E-state index in [1.54, 1.807) is 0 Å². The summed E-state index contributed by atoms with van der Waals surface area (Å²) >= 11 is 0. The molecule has 2 rings (SSSR count). The largest absolute Gasteiger partial charge is 0.444 e. The number of carbonyl (C=O) groups is 1. The molecule has 5 nitrogen and oxygen atoms in total. The van der Waals surface area contributed by atoms with Crippen LogP contribution < -0.4 is 5.32 Å². The molecule has 0 aromatic heterocycles. The van der Waals surface area contributed by atoms with Crippen molar-refractivity contribution in [2.24, 2.45) is 0 Å². The molecule has 0 spiro atoms. The Hall–Kier alpha value is -1.59. The lowest BCUT2D eigenvalue weighted by molar-refractivity contribution is 0.0182. The normalized spacial score (nSPS) is 19.8. The van der Waals surface area contributed by atoms with Crippen LogP contribution in [0.25, 0.3) is 0 Å². The monoisotopic (exact) mass is 347 g/mol. The molecule has 1 aliphatic rings. The zero-order valence-corrected chi connectivity index (χ0v) is 16.3. The fraction of sp³-hybridized carbons (Fsp3) is 0.650. The van der Waals surface area contributed by atoms with Crippen LogP contribution in [-0.2, 0) is 4.74 Å². The van der Waals surface area contributed by atoms with E-state index in [4.69, 9.17) is 4.74 Å². The number of benzene rings is 1. The van der Waals surface area contributed by atoms with Crippen molar-refractivity contribution < 1.29 is 9.53 Å². The zero-order chi connectivity index (χ0) is 18.4. The van der Waals surface area contributed by atoms with E-state index in [0.29, 0.717) is 6.54 Å². The van der Waals surface area contributed by atoms with Gasteiger partial charge in [0.15, 0.2) is 0 Å². The van der Waals surface area contributed by atoms with E-state index in [0.717, 1.165) is 25.9 Å². The van der Waals surface area contributed by atoms with E-state index in [1.807, 2.05) is 31.7 Å². The SMILES string of the molecule is CN(C)CC(NC1CCCN(C(=O)OC(C)(C)C)C1)c1ccccc1. The number of ether oxygens (including phenoxy) is 1. The third-order valence-electron chi connectivity index (χ3n) is 4.26. The summed E-state index contributed by atoms with van der Waals surface area (Å²) in [6.07, 6.45) is 1.87. The molecule has 140 valence electrons. The highest BCUT2D eigenvalue weighted by atomic mass is 16.6. The van der Waals surface area contributed by atoms with E-state index in [2.05, 4.69) is 48.6 Å². The molecular formula is C20H33N3O2. The van der Waals surface area contributed by atoms with Gasteiger partial charge in [-0.3, -0.25) is 0 Å². The van der Waals surface area contributed by atoms with Crippen LogP contribution in [-0.4, -0.2) is 61.3 Å². The summed E-state index contributed by atoms with van der Waals surface area (Å²) in [7, 11) is 4.18. The average Bonchev–Trinajstić information content (AvgIpc) is 2.53. The molecule has 1 aliphatic heterocycles. The maximum atomic E-state index is 12.4. The summed E-state index contributed by atoms with van der Waals surface area (Å²) in [4.78, 5) is 16.4. The number of amides is 1. The van der Waals surface area contributed by atoms with Crippen molar-refractivity contribution in [3.8, 4) is 0 Å². The van der Waals surface area contributed by atoms with Crippen LogP contribution in [0.4, 0.5) is 4.79 Å². The number of piperidine rings is 1. The predicted molar refractivity (Wildman–Crippen MR) is 102 cm³/mol.